The summed E-state index contributed by atoms with van der Waals surface area (Å²) in [7, 11) is 0. The Balaban J connectivity index is 1.56. The van der Waals surface area contributed by atoms with Gasteiger partial charge in [-0.25, -0.2) is 9.37 Å². The molecule has 1 aliphatic heterocycles. The summed E-state index contributed by atoms with van der Waals surface area (Å²) in [5, 5.41) is 5.46. The van der Waals surface area contributed by atoms with Crippen LogP contribution in [-0.2, 0) is 13.1 Å². The highest BCUT2D eigenvalue weighted by Gasteiger charge is 2.25. The molecule has 0 radical (unpaired) electrons. The molecule has 1 N–H and O–H groups in total. The minimum absolute atomic E-state index is 0.383. The first-order valence-corrected chi connectivity index (χ1v) is 12.4. The maximum absolute atomic E-state index is 12.9. The Morgan fingerprint density at radius 1 is 1.09 bits per heavy atom. The quantitative estimate of drug-likeness (QED) is 0.303. The molecule has 0 bridgehead atoms. The average molecular weight is 502 g/mol. The highest BCUT2D eigenvalue weighted by Crippen LogP contribution is 2.34. The third kappa shape index (κ3) is 4.63. The van der Waals surface area contributed by atoms with Gasteiger partial charge in [0.05, 0.1) is 0 Å². The number of thiazole rings is 1. The van der Waals surface area contributed by atoms with E-state index in [2.05, 4.69) is 17.1 Å². The smallest absolute Gasteiger partial charge is 0.229 e. The van der Waals surface area contributed by atoms with Crippen molar-refractivity contribution in [2.45, 2.75) is 38.9 Å². The summed E-state index contributed by atoms with van der Waals surface area (Å²) in [6.07, 6.45) is 2.75. The van der Waals surface area contributed by atoms with E-state index in [1.165, 1.54) is 11.3 Å². The first-order valence-electron chi connectivity index (χ1n) is 10.8. The molecule has 9 heteroatoms. The standard InChI is InChI=1S/C24H22Cl2FN5S/c1-14-4-3-11-32(14)24-30-22(28-16-9-7-15(13-27)8-10-16)21-23(31-24)33-20(29-21)12-17-18(25)5-2-6-19(17)26/h2,5-10,14H,3-4,11-13H2,1H3,(H,28,30,31). The van der Waals surface area contributed by atoms with Gasteiger partial charge in [0, 0.05) is 34.7 Å². The third-order valence-corrected chi connectivity index (χ3v) is 7.52. The van der Waals surface area contributed by atoms with Gasteiger partial charge in [-0.15, -0.1) is 0 Å². The molecule has 170 valence electrons. The molecule has 0 saturated carbocycles. The van der Waals surface area contributed by atoms with Crippen LogP contribution in [0.15, 0.2) is 42.5 Å². The van der Waals surface area contributed by atoms with Gasteiger partial charge in [-0.3, -0.25) is 0 Å². The lowest BCUT2D eigenvalue weighted by atomic mass is 10.1. The number of halogens is 3. The van der Waals surface area contributed by atoms with Crippen LogP contribution >= 0.6 is 34.5 Å². The van der Waals surface area contributed by atoms with Crippen LogP contribution < -0.4 is 10.2 Å². The maximum atomic E-state index is 12.9. The number of fused-ring (bicyclic) bond motifs is 1. The number of aromatic nitrogens is 3. The SMILES string of the molecule is CC1CCCN1c1nc(Nc2ccc(CF)cc2)c2nc(Cc3c(Cl)cccc3Cl)sc2n1. The predicted molar refractivity (Wildman–Crippen MR) is 135 cm³/mol. The molecule has 4 aromatic rings. The molecule has 5 rings (SSSR count). The molecule has 1 atom stereocenters. The van der Waals surface area contributed by atoms with E-state index in [4.69, 9.17) is 38.2 Å². The highest BCUT2D eigenvalue weighted by atomic mass is 35.5. The zero-order valence-corrected chi connectivity index (χ0v) is 20.3. The van der Waals surface area contributed by atoms with Gasteiger partial charge in [0.15, 0.2) is 10.6 Å². The second-order valence-electron chi connectivity index (χ2n) is 8.15. The van der Waals surface area contributed by atoms with E-state index < -0.39 is 6.67 Å². The normalized spacial score (nSPS) is 16.0. The summed E-state index contributed by atoms with van der Waals surface area (Å²) in [4.78, 5) is 17.6. The summed E-state index contributed by atoms with van der Waals surface area (Å²) >= 11 is 14.3. The summed E-state index contributed by atoms with van der Waals surface area (Å²) < 4.78 is 12.9. The average Bonchev–Trinajstić information content (AvgIpc) is 3.42. The van der Waals surface area contributed by atoms with E-state index >= 15 is 0 Å². The molecule has 0 spiro atoms. The molecule has 0 amide bonds. The van der Waals surface area contributed by atoms with Crippen molar-refractivity contribution in [3.63, 3.8) is 0 Å². The van der Waals surface area contributed by atoms with Gasteiger partial charge in [0.1, 0.15) is 17.2 Å². The number of alkyl halides is 1. The zero-order chi connectivity index (χ0) is 22.9. The Hall–Kier alpha value is -2.48. The second-order valence-corrected chi connectivity index (χ2v) is 10.0. The monoisotopic (exact) mass is 501 g/mol. The van der Waals surface area contributed by atoms with Gasteiger partial charge in [-0.1, -0.05) is 52.7 Å². The number of nitrogens with one attached hydrogen (secondary N) is 1. The van der Waals surface area contributed by atoms with Crippen LogP contribution in [0.3, 0.4) is 0 Å². The first-order chi connectivity index (χ1) is 16.0. The number of hydrogen-bond acceptors (Lipinski definition) is 6. The van der Waals surface area contributed by atoms with E-state index in [9.17, 15) is 4.39 Å². The van der Waals surface area contributed by atoms with E-state index in [1.54, 1.807) is 12.1 Å². The number of anilines is 3. The fourth-order valence-electron chi connectivity index (χ4n) is 4.04. The molecular formula is C24H22Cl2FN5S. The third-order valence-electron chi connectivity index (χ3n) is 5.86. The van der Waals surface area contributed by atoms with Crippen LogP contribution in [-0.4, -0.2) is 27.5 Å². The molecule has 33 heavy (non-hydrogen) atoms. The summed E-state index contributed by atoms with van der Waals surface area (Å²) in [6.45, 7) is 2.63. The van der Waals surface area contributed by atoms with Crippen molar-refractivity contribution >= 4 is 62.3 Å². The van der Waals surface area contributed by atoms with Crippen molar-refractivity contribution in [3.8, 4) is 0 Å². The topological polar surface area (TPSA) is 53.9 Å². The van der Waals surface area contributed by atoms with Gasteiger partial charge in [0.25, 0.3) is 0 Å². The predicted octanol–water partition coefficient (Wildman–Crippen LogP) is 7.19. The lowest BCUT2D eigenvalue weighted by Gasteiger charge is -2.21. The Labute approximate surface area is 205 Å². The van der Waals surface area contributed by atoms with Crippen LogP contribution in [0, 0.1) is 0 Å². The minimum atomic E-state index is -0.491. The van der Waals surface area contributed by atoms with Crippen molar-refractivity contribution in [1.29, 1.82) is 0 Å². The number of hydrogen-bond donors (Lipinski definition) is 1. The molecule has 0 aliphatic carbocycles. The molecule has 1 saturated heterocycles. The van der Waals surface area contributed by atoms with E-state index in [0.717, 1.165) is 40.5 Å². The fourth-order valence-corrected chi connectivity index (χ4v) is 5.52. The van der Waals surface area contributed by atoms with Crippen LogP contribution in [0.4, 0.5) is 21.8 Å². The Kier molecular flexibility index (Phi) is 6.36. The number of rotatable bonds is 6. The van der Waals surface area contributed by atoms with Crippen molar-refractivity contribution in [1.82, 2.24) is 15.0 Å². The largest absolute Gasteiger partial charge is 0.338 e. The zero-order valence-electron chi connectivity index (χ0n) is 18.0. The molecular weight excluding hydrogens is 480 g/mol. The van der Waals surface area contributed by atoms with Gasteiger partial charge < -0.3 is 10.2 Å². The lowest BCUT2D eigenvalue weighted by Crippen LogP contribution is -2.28. The second kappa shape index (κ2) is 9.41. The Bertz CT molecular complexity index is 1270. The van der Waals surface area contributed by atoms with Crippen molar-refractivity contribution in [2.75, 3.05) is 16.8 Å². The van der Waals surface area contributed by atoms with Crippen LogP contribution in [0.5, 0.6) is 0 Å². The molecule has 2 aromatic heterocycles. The van der Waals surface area contributed by atoms with Crippen LogP contribution in [0.1, 0.15) is 35.9 Å². The number of benzene rings is 2. The molecule has 5 nitrogen and oxygen atoms in total. The van der Waals surface area contributed by atoms with Gasteiger partial charge in [-0.05, 0) is 55.2 Å². The fraction of sp³-hybridized carbons (Fsp3) is 0.292. The summed E-state index contributed by atoms with van der Waals surface area (Å²) in [5.41, 5.74) is 2.99. The van der Waals surface area contributed by atoms with Crippen molar-refractivity contribution in [3.05, 3.63) is 68.6 Å². The molecule has 1 unspecified atom stereocenters. The Morgan fingerprint density at radius 3 is 2.52 bits per heavy atom. The molecule has 3 heterocycles. The van der Waals surface area contributed by atoms with Crippen molar-refractivity contribution < 1.29 is 4.39 Å². The van der Waals surface area contributed by atoms with Gasteiger partial charge >= 0.3 is 0 Å². The van der Waals surface area contributed by atoms with E-state index in [0.29, 0.717) is 45.4 Å². The summed E-state index contributed by atoms with van der Waals surface area (Å²) in [5.74, 6) is 1.33. The van der Waals surface area contributed by atoms with Gasteiger partial charge in [-0.2, -0.15) is 9.97 Å². The molecule has 1 aliphatic rings. The van der Waals surface area contributed by atoms with Crippen molar-refractivity contribution in [2.24, 2.45) is 0 Å². The van der Waals surface area contributed by atoms with Crippen LogP contribution in [0.2, 0.25) is 10.0 Å². The first kappa shape index (κ1) is 22.3. The van der Waals surface area contributed by atoms with Gasteiger partial charge in [0.2, 0.25) is 5.95 Å². The molecule has 2 aromatic carbocycles. The highest BCUT2D eigenvalue weighted by molar-refractivity contribution is 7.18. The summed E-state index contributed by atoms with van der Waals surface area (Å²) in [6, 6.07) is 13.1. The van der Waals surface area contributed by atoms with E-state index in [1.807, 2.05) is 30.3 Å². The minimum Gasteiger partial charge on any atom is -0.338 e. The maximum Gasteiger partial charge on any atom is 0.229 e. The Morgan fingerprint density at radius 2 is 1.85 bits per heavy atom. The molecule has 1 fully saturated rings. The lowest BCUT2D eigenvalue weighted by molar-refractivity contribution is 0.485. The number of nitrogens with zero attached hydrogens (tertiary/aromatic N) is 4. The van der Waals surface area contributed by atoms with Crippen LogP contribution in [0.25, 0.3) is 10.3 Å². The van der Waals surface area contributed by atoms with E-state index in [-0.39, 0.29) is 0 Å².